The van der Waals surface area contributed by atoms with E-state index < -0.39 is 51.8 Å². The van der Waals surface area contributed by atoms with E-state index in [2.05, 4.69) is 85.2 Å². The molecule has 0 fully saturated rings. The number of ether oxygens (including phenoxy) is 2. The maximum Gasteiger partial charge on any atom is 0.472 e. The minimum Gasteiger partial charge on any atom is -0.462 e. The van der Waals surface area contributed by atoms with Crippen LogP contribution < -0.4 is 0 Å². The average molecular weight is 795 g/mol. The zero-order valence-electron chi connectivity index (χ0n) is 34.1. The molecule has 0 saturated carbocycles. The summed E-state index contributed by atoms with van der Waals surface area (Å²) in [6, 6.07) is 0. The first-order valence-corrected chi connectivity index (χ1v) is 22.4. The first-order chi connectivity index (χ1) is 26.7. The number of hydrogen-bond acceptors (Lipinski definition) is 9. The number of phosphoric ester groups is 1. The Kier molecular flexibility index (Phi) is 37.8. The van der Waals surface area contributed by atoms with Gasteiger partial charge in [-0.3, -0.25) is 18.6 Å². The maximum absolute atomic E-state index is 12.6. The predicted octanol–water partition coefficient (Wildman–Crippen LogP) is 10.9. The molecule has 0 heterocycles. The van der Waals surface area contributed by atoms with Gasteiger partial charge in [0.15, 0.2) is 6.10 Å². The van der Waals surface area contributed by atoms with Gasteiger partial charge in [-0.05, 0) is 83.5 Å². The second-order valence-electron chi connectivity index (χ2n) is 13.7. The fourth-order valence-electron chi connectivity index (χ4n) is 5.07. The highest BCUT2D eigenvalue weighted by Gasteiger charge is 2.27. The number of carbonyl (C=O) groups excluding carboxylic acids is 2. The molecule has 3 atom stereocenters. The average Bonchev–Trinajstić information content (AvgIpc) is 3.17. The number of carbonyl (C=O) groups is 2. The van der Waals surface area contributed by atoms with E-state index in [1.54, 1.807) is 0 Å². The lowest BCUT2D eigenvalue weighted by atomic mass is 10.1. The van der Waals surface area contributed by atoms with E-state index in [9.17, 15) is 24.2 Å². The molecule has 0 saturated heterocycles. The topological polar surface area (TPSA) is 149 Å². The van der Waals surface area contributed by atoms with E-state index >= 15 is 0 Å². The highest BCUT2D eigenvalue weighted by molar-refractivity contribution is 7.47. The molecule has 316 valence electrons. The summed E-state index contributed by atoms with van der Waals surface area (Å²) in [5.74, 6) is -1.04. The Morgan fingerprint density at radius 1 is 0.545 bits per heavy atom. The lowest BCUT2D eigenvalue weighted by Crippen LogP contribution is -2.29. The lowest BCUT2D eigenvalue weighted by Gasteiger charge is -2.20. The van der Waals surface area contributed by atoms with Crippen LogP contribution in [0.2, 0.25) is 0 Å². The van der Waals surface area contributed by atoms with Crippen LogP contribution in [0.5, 0.6) is 0 Å². The highest BCUT2D eigenvalue weighted by atomic mass is 31.2. The van der Waals surface area contributed by atoms with Crippen LogP contribution in [0.25, 0.3) is 0 Å². The Morgan fingerprint density at radius 2 is 0.964 bits per heavy atom. The molecule has 10 nitrogen and oxygen atoms in total. The quantitative estimate of drug-likeness (QED) is 0.0239. The molecule has 0 rings (SSSR count). The smallest absolute Gasteiger partial charge is 0.462 e. The van der Waals surface area contributed by atoms with Crippen molar-refractivity contribution in [3.05, 3.63) is 72.9 Å². The Balaban J connectivity index is 4.49. The Labute approximate surface area is 333 Å². The van der Waals surface area contributed by atoms with Crippen molar-refractivity contribution in [3.63, 3.8) is 0 Å². The minimum atomic E-state index is -4.64. The molecule has 0 aromatic heterocycles. The van der Waals surface area contributed by atoms with Crippen molar-refractivity contribution >= 4 is 19.8 Å². The lowest BCUT2D eigenvalue weighted by molar-refractivity contribution is -0.161. The van der Waals surface area contributed by atoms with Gasteiger partial charge in [-0.2, -0.15) is 0 Å². The van der Waals surface area contributed by atoms with Crippen molar-refractivity contribution in [1.82, 2.24) is 0 Å². The van der Waals surface area contributed by atoms with Gasteiger partial charge in [0.2, 0.25) is 0 Å². The molecule has 0 spiro atoms. The fourth-order valence-corrected chi connectivity index (χ4v) is 5.86. The molecule has 0 aromatic rings. The maximum atomic E-state index is 12.6. The molecule has 55 heavy (non-hydrogen) atoms. The van der Waals surface area contributed by atoms with Crippen molar-refractivity contribution < 1.29 is 47.8 Å². The van der Waals surface area contributed by atoms with E-state index in [1.807, 2.05) is 6.08 Å². The van der Waals surface area contributed by atoms with Gasteiger partial charge in [0.25, 0.3) is 0 Å². The Hall–Kier alpha value is -2.59. The van der Waals surface area contributed by atoms with Crippen LogP contribution in [0.1, 0.15) is 155 Å². The zero-order chi connectivity index (χ0) is 40.5. The van der Waals surface area contributed by atoms with Gasteiger partial charge < -0.3 is 24.6 Å². The summed E-state index contributed by atoms with van der Waals surface area (Å²) in [6.07, 6.45) is 44.5. The number of hydrogen-bond donors (Lipinski definition) is 3. The van der Waals surface area contributed by atoms with Crippen LogP contribution in [0.4, 0.5) is 0 Å². The molecule has 0 aliphatic heterocycles. The van der Waals surface area contributed by atoms with Gasteiger partial charge in [-0.25, -0.2) is 4.57 Å². The largest absolute Gasteiger partial charge is 0.472 e. The Bertz CT molecular complexity index is 1140. The molecule has 0 aliphatic carbocycles. The second kappa shape index (κ2) is 39.6. The molecule has 11 heteroatoms. The number of unbranched alkanes of at least 4 members (excludes halogenated alkanes) is 12. The molecule has 1 unspecified atom stereocenters. The van der Waals surface area contributed by atoms with Crippen LogP contribution in [-0.2, 0) is 32.7 Å². The summed E-state index contributed by atoms with van der Waals surface area (Å²) < 4.78 is 32.6. The van der Waals surface area contributed by atoms with Crippen molar-refractivity contribution in [2.45, 2.75) is 167 Å². The molecular weight excluding hydrogens is 719 g/mol. The highest BCUT2D eigenvalue weighted by Crippen LogP contribution is 2.43. The Morgan fingerprint density at radius 3 is 1.51 bits per heavy atom. The predicted molar refractivity (Wildman–Crippen MR) is 223 cm³/mol. The van der Waals surface area contributed by atoms with Crippen molar-refractivity contribution in [2.75, 3.05) is 26.4 Å². The van der Waals surface area contributed by atoms with Crippen molar-refractivity contribution in [3.8, 4) is 0 Å². The fraction of sp³-hybridized carbons (Fsp3) is 0.682. The third-order valence-electron chi connectivity index (χ3n) is 8.33. The van der Waals surface area contributed by atoms with Crippen LogP contribution in [0.3, 0.4) is 0 Å². The molecule has 3 N–H and O–H groups in total. The normalized spacial score (nSPS) is 14.6. The van der Waals surface area contributed by atoms with Gasteiger partial charge in [-0.1, -0.05) is 132 Å². The summed E-state index contributed by atoms with van der Waals surface area (Å²) >= 11 is 0. The first kappa shape index (κ1) is 52.4. The van der Waals surface area contributed by atoms with Crippen LogP contribution >= 0.6 is 7.82 Å². The third kappa shape index (κ3) is 39.4. The number of allylic oxidation sites excluding steroid dienone is 12. The molecular formula is C44H75O10P. The number of aliphatic hydroxyl groups excluding tert-OH is 2. The van der Waals surface area contributed by atoms with E-state index in [1.165, 1.54) is 57.8 Å². The van der Waals surface area contributed by atoms with Gasteiger partial charge >= 0.3 is 19.8 Å². The zero-order valence-corrected chi connectivity index (χ0v) is 35.0. The molecule has 0 aromatic carbocycles. The standard InChI is InChI=1S/C44H75O10P/c1-3-5-7-9-11-13-15-17-19-20-22-24-26-28-30-32-34-36-44(48)54-42(40-53-55(49,50)52-38-41(46)37-45)39-51-43(47)35-33-31-29-27-25-23-21-18-16-14-12-10-8-6-4-2/h12,14,17-19,21-22,24-25,27-28,30,41-42,45-46H,3-11,13,15-16,20,23,26,29,31-40H2,1-2H3,(H,49,50)/b14-12+,19-17+,21-18+,24-22+,27-25+,30-28+/t41-,42+/m0/s1. The van der Waals surface area contributed by atoms with Crippen LogP contribution in [0, 0.1) is 0 Å². The summed E-state index contributed by atoms with van der Waals surface area (Å²) in [5.41, 5.74) is 0. The summed E-state index contributed by atoms with van der Waals surface area (Å²) in [7, 11) is -4.64. The second-order valence-corrected chi connectivity index (χ2v) is 15.1. The van der Waals surface area contributed by atoms with Gasteiger partial charge in [0.05, 0.1) is 19.8 Å². The van der Waals surface area contributed by atoms with Crippen molar-refractivity contribution in [1.29, 1.82) is 0 Å². The molecule has 0 aliphatic rings. The van der Waals surface area contributed by atoms with Crippen LogP contribution in [-0.4, -0.2) is 65.7 Å². The van der Waals surface area contributed by atoms with E-state index in [4.69, 9.17) is 19.1 Å². The van der Waals surface area contributed by atoms with Crippen LogP contribution in [0.15, 0.2) is 72.9 Å². The first-order valence-electron chi connectivity index (χ1n) is 20.9. The SMILES string of the molecule is CCCCC/C=C/C/C=C/C/C=C/CCCCC(=O)OC[C@H](COP(=O)(O)OC[C@@H](O)CO)OC(=O)CCC/C=C/C/C=C/C/C=C/CCCCCCCC. The van der Waals surface area contributed by atoms with Gasteiger partial charge in [0.1, 0.15) is 12.7 Å². The number of rotatable bonds is 38. The number of aliphatic hydroxyl groups is 2. The number of phosphoric acid groups is 1. The summed E-state index contributed by atoms with van der Waals surface area (Å²) in [5, 5.41) is 18.3. The van der Waals surface area contributed by atoms with Gasteiger partial charge in [0, 0.05) is 12.8 Å². The monoisotopic (exact) mass is 795 g/mol. The van der Waals surface area contributed by atoms with E-state index in [-0.39, 0.29) is 19.4 Å². The molecule has 0 radical (unpaired) electrons. The van der Waals surface area contributed by atoms with E-state index in [0.717, 1.165) is 51.4 Å². The van der Waals surface area contributed by atoms with Gasteiger partial charge in [-0.15, -0.1) is 0 Å². The summed E-state index contributed by atoms with van der Waals surface area (Å²) in [6.45, 7) is 2.22. The summed E-state index contributed by atoms with van der Waals surface area (Å²) in [4.78, 5) is 34.9. The minimum absolute atomic E-state index is 0.101. The number of esters is 2. The van der Waals surface area contributed by atoms with E-state index in [0.29, 0.717) is 19.3 Å². The van der Waals surface area contributed by atoms with Crippen molar-refractivity contribution in [2.24, 2.45) is 0 Å². The molecule has 0 amide bonds. The molecule has 0 bridgehead atoms. The third-order valence-corrected chi connectivity index (χ3v) is 9.28.